The molecule has 1 aliphatic carbocycles. The van der Waals surface area contributed by atoms with E-state index in [0.29, 0.717) is 10.0 Å². The van der Waals surface area contributed by atoms with E-state index in [4.69, 9.17) is 5.26 Å². The summed E-state index contributed by atoms with van der Waals surface area (Å²) in [5, 5.41) is 8.87. The molecule has 0 radical (unpaired) electrons. The van der Waals surface area contributed by atoms with Crippen LogP contribution in [0.2, 0.25) is 0 Å². The maximum Gasteiger partial charge on any atom is 0.217 e. The third-order valence-electron chi connectivity index (χ3n) is 2.29. The lowest BCUT2D eigenvalue weighted by atomic mass is 10.00. The quantitative estimate of drug-likeness (QED) is 0.708. The van der Waals surface area contributed by atoms with Crippen molar-refractivity contribution >= 4 is 15.9 Å². The van der Waals surface area contributed by atoms with E-state index >= 15 is 0 Å². The summed E-state index contributed by atoms with van der Waals surface area (Å²) in [6.07, 6.45) is 2.86. The third kappa shape index (κ3) is 1.33. The summed E-state index contributed by atoms with van der Waals surface area (Å²) in [5.74, 6) is -0.526. The summed E-state index contributed by atoms with van der Waals surface area (Å²) in [6.45, 7) is 0. The van der Waals surface area contributed by atoms with Gasteiger partial charge in [-0.25, -0.2) is 4.98 Å². The van der Waals surface area contributed by atoms with Gasteiger partial charge in [-0.1, -0.05) is 0 Å². The molecule has 0 amide bonds. The Balaban J connectivity index is 2.52. The monoisotopic (exact) mass is 240 g/mol. The highest BCUT2D eigenvalue weighted by molar-refractivity contribution is 9.10. The van der Waals surface area contributed by atoms with Crippen LogP contribution < -0.4 is 0 Å². The van der Waals surface area contributed by atoms with Gasteiger partial charge in [0.2, 0.25) is 5.95 Å². The third-order valence-corrected chi connectivity index (χ3v) is 2.72. The number of halogens is 2. The normalized spacial score (nSPS) is 17.9. The van der Waals surface area contributed by atoms with Gasteiger partial charge in [0.25, 0.3) is 0 Å². The Morgan fingerprint density at radius 2 is 2.31 bits per heavy atom. The molecule has 1 saturated carbocycles. The van der Waals surface area contributed by atoms with Gasteiger partial charge in [0.15, 0.2) is 0 Å². The molecule has 0 atom stereocenters. The number of nitrogens with zero attached hydrogens (tertiary/aromatic N) is 2. The molecule has 13 heavy (non-hydrogen) atoms. The lowest BCUT2D eigenvalue weighted by molar-refractivity contribution is 0.556. The molecular formula is C9H6BrFN2. The molecule has 0 aromatic carbocycles. The molecule has 66 valence electrons. The Morgan fingerprint density at radius 3 is 2.85 bits per heavy atom. The number of hydrogen-bond acceptors (Lipinski definition) is 2. The van der Waals surface area contributed by atoms with Crippen LogP contribution in [0.1, 0.15) is 18.4 Å². The first-order valence-electron chi connectivity index (χ1n) is 3.91. The van der Waals surface area contributed by atoms with Gasteiger partial charge in [0.1, 0.15) is 0 Å². The second-order valence-electron chi connectivity index (χ2n) is 3.19. The van der Waals surface area contributed by atoms with Crippen molar-refractivity contribution < 1.29 is 4.39 Å². The van der Waals surface area contributed by atoms with Crippen LogP contribution in [0.4, 0.5) is 4.39 Å². The van der Waals surface area contributed by atoms with Crippen molar-refractivity contribution in [2.75, 3.05) is 0 Å². The summed E-state index contributed by atoms with van der Waals surface area (Å²) in [4.78, 5) is 3.57. The minimum Gasteiger partial charge on any atom is -0.227 e. The number of pyridine rings is 1. The van der Waals surface area contributed by atoms with Crippen molar-refractivity contribution in [1.82, 2.24) is 4.98 Å². The van der Waals surface area contributed by atoms with Crippen LogP contribution >= 0.6 is 15.9 Å². The number of nitriles is 1. The molecule has 0 bridgehead atoms. The minimum atomic E-state index is -0.596. The van der Waals surface area contributed by atoms with Crippen LogP contribution in [0, 0.1) is 17.3 Å². The standard InChI is InChI=1S/C9H6BrFN2/c10-6-3-7(8(11)13-4-6)9(5-12)1-2-9/h3-4H,1-2H2. The number of hydrogen-bond donors (Lipinski definition) is 0. The van der Waals surface area contributed by atoms with Gasteiger partial charge in [-0.15, -0.1) is 0 Å². The van der Waals surface area contributed by atoms with Gasteiger partial charge in [-0.05, 0) is 34.8 Å². The molecule has 1 heterocycles. The van der Waals surface area contributed by atoms with Gasteiger partial charge >= 0.3 is 0 Å². The molecule has 4 heteroatoms. The highest BCUT2D eigenvalue weighted by atomic mass is 79.9. The van der Waals surface area contributed by atoms with Crippen molar-refractivity contribution in [2.45, 2.75) is 18.3 Å². The molecule has 1 fully saturated rings. The minimum absolute atomic E-state index is 0.421. The molecule has 2 nitrogen and oxygen atoms in total. The Bertz CT molecular complexity index is 393. The van der Waals surface area contributed by atoms with E-state index in [1.807, 2.05) is 0 Å². The largest absolute Gasteiger partial charge is 0.227 e. The SMILES string of the molecule is N#CC1(c2cc(Br)cnc2F)CC1. The van der Waals surface area contributed by atoms with Crippen molar-refractivity contribution in [3.8, 4) is 6.07 Å². The molecule has 2 rings (SSSR count). The maximum absolute atomic E-state index is 13.2. The van der Waals surface area contributed by atoms with E-state index in [9.17, 15) is 4.39 Å². The summed E-state index contributed by atoms with van der Waals surface area (Å²) < 4.78 is 13.9. The lowest BCUT2D eigenvalue weighted by Gasteiger charge is -2.06. The molecule has 0 unspecified atom stereocenters. The average molecular weight is 241 g/mol. The van der Waals surface area contributed by atoms with Crippen molar-refractivity contribution in [3.63, 3.8) is 0 Å². The Hall–Kier alpha value is -0.950. The summed E-state index contributed by atoms with van der Waals surface area (Å²) in [7, 11) is 0. The Morgan fingerprint density at radius 1 is 1.62 bits per heavy atom. The second-order valence-corrected chi connectivity index (χ2v) is 4.10. The van der Waals surface area contributed by atoms with Crippen molar-refractivity contribution in [1.29, 1.82) is 5.26 Å². The van der Waals surface area contributed by atoms with Crippen LogP contribution in [0.5, 0.6) is 0 Å². The van der Waals surface area contributed by atoms with Crippen LogP contribution in [-0.4, -0.2) is 4.98 Å². The topological polar surface area (TPSA) is 36.7 Å². The second kappa shape index (κ2) is 2.78. The van der Waals surface area contributed by atoms with E-state index < -0.39 is 11.4 Å². The first kappa shape index (κ1) is 8.64. The Labute approximate surface area is 83.5 Å². The molecular weight excluding hydrogens is 235 g/mol. The molecule has 0 saturated heterocycles. The summed E-state index contributed by atoms with van der Waals surface area (Å²) in [5.41, 5.74) is -0.176. The predicted molar refractivity (Wildman–Crippen MR) is 48.4 cm³/mol. The van der Waals surface area contributed by atoms with E-state index in [2.05, 4.69) is 27.0 Å². The van der Waals surface area contributed by atoms with Crippen molar-refractivity contribution in [3.05, 3.63) is 28.2 Å². The van der Waals surface area contributed by atoms with Crippen LogP contribution in [0.15, 0.2) is 16.7 Å². The van der Waals surface area contributed by atoms with Gasteiger partial charge in [-0.2, -0.15) is 9.65 Å². The molecule has 1 aliphatic rings. The van der Waals surface area contributed by atoms with Gasteiger partial charge in [0, 0.05) is 16.2 Å². The van der Waals surface area contributed by atoms with E-state index in [1.54, 1.807) is 6.07 Å². The highest BCUT2D eigenvalue weighted by Gasteiger charge is 2.47. The molecule has 0 spiro atoms. The molecule has 0 aliphatic heterocycles. The van der Waals surface area contributed by atoms with Crippen LogP contribution in [0.3, 0.4) is 0 Å². The predicted octanol–water partition coefficient (Wildman–Crippen LogP) is 2.54. The van der Waals surface area contributed by atoms with Gasteiger partial charge in [-0.3, -0.25) is 0 Å². The Kier molecular flexibility index (Phi) is 1.85. The summed E-state index contributed by atoms with van der Waals surface area (Å²) >= 11 is 3.21. The van der Waals surface area contributed by atoms with E-state index in [0.717, 1.165) is 12.8 Å². The fourth-order valence-corrected chi connectivity index (χ4v) is 1.66. The maximum atomic E-state index is 13.2. The average Bonchev–Trinajstić information content (AvgIpc) is 2.90. The number of aromatic nitrogens is 1. The zero-order valence-corrected chi connectivity index (χ0v) is 8.31. The zero-order chi connectivity index (χ0) is 9.47. The van der Waals surface area contributed by atoms with Crippen molar-refractivity contribution in [2.24, 2.45) is 0 Å². The fraction of sp³-hybridized carbons (Fsp3) is 0.333. The summed E-state index contributed by atoms with van der Waals surface area (Å²) in [6, 6.07) is 3.77. The van der Waals surface area contributed by atoms with Gasteiger partial charge < -0.3 is 0 Å². The van der Waals surface area contributed by atoms with Crippen LogP contribution in [-0.2, 0) is 5.41 Å². The zero-order valence-electron chi connectivity index (χ0n) is 6.72. The van der Waals surface area contributed by atoms with E-state index in [1.165, 1.54) is 6.20 Å². The molecule has 1 aromatic heterocycles. The smallest absolute Gasteiger partial charge is 0.217 e. The van der Waals surface area contributed by atoms with Gasteiger partial charge in [0.05, 0.1) is 11.5 Å². The first-order valence-corrected chi connectivity index (χ1v) is 4.70. The highest BCUT2D eigenvalue weighted by Crippen LogP contribution is 2.48. The lowest BCUT2D eigenvalue weighted by Crippen LogP contribution is -2.07. The first-order chi connectivity index (χ1) is 6.18. The van der Waals surface area contributed by atoms with E-state index in [-0.39, 0.29) is 0 Å². The fourth-order valence-electron chi connectivity index (χ4n) is 1.32. The number of rotatable bonds is 1. The van der Waals surface area contributed by atoms with Crippen LogP contribution in [0.25, 0.3) is 0 Å². The molecule has 0 N–H and O–H groups in total. The molecule has 1 aromatic rings.